The van der Waals surface area contributed by atoms with E-state index in [0.29, 0.717) is 32.8 Å². The van der Waals surface area contributed by atoms with Crippen molar-refractivity contribution in [2.75, 3.05) is 15.5 Å². The number of halogens is 1. The van der Waals surface area contributed by atoms with Gasteiger partial charge < -0.3 is 10.6 Å². The third kappa shape index (κ3) is 3.99. The van der Waals surface area contributed by atoms with Crippen LogP contribution in [0.1, 0.15) is 16.8 Å². The topological polar surface area (TPSA) is 78.5 Å². The molecule has 0 aliphatic carbocycles. The second-order valence-corrected chi connectivity index (χ2v) is 8.47. The number of fused-ring (bicyclic) bond motifs is 3. The monoisotopic (exact) mass is 499 g/mol. The molecule has 0 bridgehead atoms. The van der Waals surface area contributed by atoms with Crippen LogP contribution >= 0.6 is 15.9 Å². The maximum absolute atomic E-state index is 13.0. The summed E-state index contributed by atoms with van der Waals surface area (Å²) in [4.78, 5) is 39.5. The number of carbonyl (C=O) groups is 3. The summed E-state index contributed by atoms with van der Waals surface area (Å²) in [7, 11) is 0. The number of anilines is 4. The van der Waals surface area contributed by atoms with Crippen LogP contribution in [0.3, 0.4) is 0 Å². The van der Waals surface area contributed by atoms with Crippen molar-refractivity contribution >= 4 is 67.2 Å². The molecule has 6 nitrogen and oxygen atoms in total. The van der Waals surface area contributed by atoms with Gasteiger partial charge in [-0.1, -0.05) is 42.5 Å². The summed E-state index contributed by atoms with van der Waals surface area (Å²) in [5.74, 6) is -0.920. The summed E-state index contributed by atoms with van der Waals surface area (Å²) in [6.07, 6.45) is -0.260. The van der Waals surface area contributed by atoms with Crippen molar-refractivity contribution in [3.05, 3.63) is 95.0 Å². The molecule has 0 fully saturated rings. The molecule has 5 rings (SSSR count). The summed E-state index contributed by atoms with van der Waals surface area (Å²) in [6, 6.07) is 25.6. The van der Waals surface area contributed by atoms with Gasteiger partial charge in [-0.3, -0.25) is 19.3 Å². The Balaban J connectivity index is 1.50. The molecule has 0 unspecified atom stereocenters. The molecule has 0 aromatic heterocycles. The van der Waals surface area contributed by atoms with E-state index in [4.69, 9.17) is 0 Å². The van der Waals surface area contributed by atoms with Crippen molar-refractivity contribution in [2.24, 2.45) is 0 Å². The standard InChI is InChI=1S/C26H18BrN3O3/c27-21-8-4-3-7-20(21)26(33)28-17-10-12-18(13-11-17)30-22-14-9-16-5-1-2-6-19(16)25(22)29-23(31)15-24(30)32/h1-14H,15H2,(H,28,33)(H,29,31). The van der Waals surface area contributed by atoms with Crippen LogP contribution in [0.2, 0.25) is 0 Å². The molecule has 0 atom stereocenters. The summed E-state index contributed by atoms with van der Waals surface area (Å²) >= 11 is 3.39. The van der Waals surface area contributed by atoms with Gasteiger partial charge in [0.25, 0.3) is 5.91 Å². The Bertz CT molecular complexity index is 1420. The molecule has 0 spiro atoms. The van der Waals surface area contributed by atoms with E-state index in [2.05, 4.69) is 26.6 Å². The molecule has 0 saturated heterocycles. The van der Waals surface area contributed by atoms with Gasteiger partial charge in [0.05, 0.1) is 16.9 Å². The van der Waals surface area contributed by atoms with Crippen LogP contribution in [0.25, 0.3) is 10.8 Å². The normalized spacial score (nSPS) is 13.3. The van der Waals surface area contributed by atoms with E-state index in [1.807, 2.05) is 42.5 Å². The summed E-state index contributed by atoms with van der Waals surface area (Å²) < 4.78 is 0.704. The fourth-order valence-corrected chi connectivity index (χ4v) is 4.40. The maximum atomic E-state index is 13.0. The van der Waals surface area contributed by atoms with Gasteiger partial charge in [0.1, 0.15) is 6.42 Å². The number of nitrogens with zero attached hydrogens (tertiary/aromatic N) is 1. The Hall–Kier alpha value is -3.97. The van der Waals surface area contributed by atoms with Gasteiger partial charge in [-0.2, -0.15) is 0 Å². The number of nitrogens with one attached hydrogen (secondary N) is 2. The van der Waals surface area contributed by atoms with Crippen molar-refractivity contribution < 1.29 is 14.4 Å². The molecule has 2 N–H and O–H groups in total. The highest BCUT2D eigenvalue weighted by atomic mass is 79.9. The number of amides is 3. The van der Waals surface area contributed by atoms with E-state index in [9.17, 15) is 14.4 Å². The Morgan fingerprint density at radius 2 is 1.61 bits per heavy atom. The highest BCUT2D eigenvalue weighted by molar-refractivity contribution is 9.10. The van der Waals surface area contributed by atoms with E-state index < -0.39 is 0 Å². The van der Waals surface area contributed by atoms with Gasteiger partial charge in [-0.15, -0.1) is 0 Å². The smallest absolute Gasteiger partial charge is 0.256 e. The number of carbonyl (C=O) groups excluding carboxylic acids is 3. The first-order chi connectivity index (χ1) is 16.0. The molecule has 162 valence electrons. The minimum Gasteiger partial charge on any atom is -0.323 e. The molecule has 1 aliphatic rings. The molecule has 4 aromatic rings. The van der Waals surface area contributed by atoms with Crippen LogP contribution in [-0.4, -0.2) is 17.7 Å². The lowest BCUT2D eigenvalue weighted by atomic mass is 10.1. The molecule has 4 aromatic carbocycles. The van der Waals surface area contributed by atoms with E-state index in [1.165, 1.54) is 0 Å². The average Bonchev–Trinajstić information content (AvgIpc) is 2.94. The zero-order valence-electron chi connectivity index (χ0n) is 17.3. The fourth-order valence-electron chi connectivity index (χ4n) is 3.93. The minimum atomic E-state index is -0.350. The van der Waals surface area contributed by atoms with Crippen molar-refractivity contribution in [3.8, 4) is 0 Å². The lowest BCUT2D eigenvalue weighted by molar-refractivity contribution is -0.124. The average molecular weight is 500 g/mol. The Labute approximate surface area is 198 Å². The van der Waals surface area contributed by atoms with Gasteiger partial charge in [-0.25, -0.2) is 0 Å². The first kappa shape index (κ1) is 20.9. The predicted octanol–water partition coefficient (Wildman–Crippen LogP) is 5.86. The fraction of sp³-hybridized carbons (Fsp3) is 0.0385. The largest absolute Gasteiger partial charge is 0.323 e. The Morgan fingerprint density at radius 3 is 2.39 bits per heavy atom. The van der Waals surface area contributed by atoms with Crippen molar-refractivity contribution in [1.82, 2.24) is 0 Å². The SMILES string of the molecule is O=C1CC(=O)N(c2ccc(NC(=O)c3ccccc3Br)cc2)c2ccc3ccccc3c2N1. The highest BCUT2D eigenvalue weighted by Crippen LogP contribution is 2.40. The van der Waals surface area contributed by atoms with Crippen LogP contribution in [0.5, 0.6) is 0 Å². The molecular formula is C26H18BrN3O3. The van der Waals surface area contributed by atoms with E-state index in [0.717, 1.165) is 10.8 Å². The van der Waals surface area contributed by atoms with Crippen LogP contribution in [0, 0.1) is 0 Å². The summed E-state index contributed by atoms with van der Waals surface area (Å²) in [6.45, 7) is 0. The molecule has 1 aliphatic heterocycles. The second-order valence-electron chi connectivity index (χ2n) is 7.62. The lowest BCUT2D eigenvalue weighted by Gasteiger charge is -2.23. The van der Waals surface area contributed by atoms with Crippen LogP contribution in [-0.2, 0) is 9.59 Å². The molecule has 0 radical (unpaired) electrons. The first-order valence-corrected chi connectivity index (χ1v) is 11.1. The highest BCUT2D eigenvalue weighted by Gasteiger charge is 2.28. The van der Waals surface area contributed by atoms with Gasteiger partial charge in [0.2, 0.25) is 11.8 Å². The Morgan fingerprint density at radius 1 is 0.879 bits per heavy atom. The van der Waals surface area contributed by atoms with Crippen LogP contribution in [0.4, 0.5) is 22.7 Å². The molecule has 0 saturated carbocycles. The van der Waals surface area contributed by atoms with Crippen molar-refractivity contribution in [3.63, 3.8) is 0 Å². The molecule has 7 heteroatoms. The molecular weight excluding hydrogens is 482 g/mol. The third-order valence-corrected chi connectivity index (χ3v) is 6.17. The van der Waals surface area contributed by atoms with E-state index >= 15 is 0 Å². The van der Waals surface area contributed by atoms with Crippen LogP contribution in [0.15, 0.2) is 89.4 Å². The first-order valence-electron chi connectivity index (χ1n) is 10.3. The zero-order valence-corrected chi connectivity index (χ0v) is 18.9. The number of hydrogen-bond acceptors (Lipinski definition) is 3. The summed E-state index contributed by atoms with van der Waals surface area (Å²) in [5, 5.41) is 7.59. The van der Waals surface area contributed by atoms with Crippen LogP contribution < -0.4 is 15.5 Å². The van der Waals surface area contributed by atoms with E-state index in [1.54, 1.807) is 47.4 Å². The second kappa shape index (κ2) is 8.52. The number of rotatable bonds is 3. The van der Waals surface area contributed by atoms with Crippen molar-refractivity contribution in [1.29, 1.82) is 0 Å². The van der Waals surface area contributed by atoms with Crippen molar-refractivity contribution in [2.45, 2.75) is 6.42 Å². The van der Waals surface area contributed by atoms with Gasteiger partial charge >= 0.3 is 0 Å². The molecule has 33 heavy (non-hydrogen) atoms. The molecule has 3 amide bonds. The predicted molar refractivity (Wildman–Crippen MR) is 133 cm³/mol. The van der Waals surface area contributed by atoms with Gasteiger partial charge in [0, 0.05) is 21.2 Å². The number of benzene rings is 4. The molecule has 1 heterocycles. The third-order valence-electron chi connectivity index (χ3n) is 5.48. The number of hydrogen-bond donors (Lipinski definition) is 2. The Kier molecular flexibility index (Phi) is 5.40. The summed E-state index contributed by atoms with van der Waals surface area (Å²) in [5.41, 5.74) is 2.93. The minimum absolute atomic E-state index is 0.243. The van der Waals surface area contributed by atoms with Gasteiger partial charge in [-0.05, 0) is 63.8 Å². The van der Waals surface area contributed by atoms with E-state index in [-0.39, 0.29) is 24.1 Å². The quantitative estimate of drug-likeness (QED) is 0.346. The zero-order chi connectivity index (χ0) is 22.9. The lowest BCUT2D eigenvalue weighted by Crippen LogP contribution is -2.26. The maximum Gasteiger partial charge on any atom is 0.256 e. The van der Waals surface area contributed by atoms with Gasteiger partial charge in [0.15, 0.2) is 0 Å².